The Morgan fingerprint density at radius 3 is 2.48 bits per heavy atom. The lowest BCUT2D eigenvalue weighted by atomic mass is 10.0. The van der Waals surface area contributed by atoms with Crippen molar-refractivity contribution >= 4 is 35.2 Å². The van der Waals surface area contributed by atoms with E-state index in [-0.39, 0.29) is 24.5 Å². The summed E-state index contributed by atoms with van der Waals surface area (Å²) in [6, 6.07) is 15.0. The van der Waals surface area contributed by atoms with E-state index in [9.17, 15) is 9.59 Å². The standard InChI is InChI=1S/C29H39Cl2N3O6/c1-33(28(35)19-22-8-9-25(30)26(31)18-22)27(23-6-4-3-5-7-23)21-34-12-10-24(20-34)40-29(36)32-11-13-38-16-17-39-15-14-37-2/h3-9,18,24,27H,10-17,19-21H2,1-2H3,(H,32,36). The van der Waals surface area contributed by atoms with Crippen LogP contribution in [0.4, 0.5) is 4.79 Å². The van der Waals surface area contributed by atoms with Crippen molar-refractivity contribution in [1.82, 2.24) is 15.1 Å². The van der Waals surface area contributed by atoms with Crippen molar-refractivity contribution in [1.29, 1.82) is 0 Å². The number of likely N-dealkylation sites (N-methyl/N-ethyl adjacent to an activating group) is 1. The highest BCUT2D eigenvalue weighted by Gasteiger charge is 2.30. The van der Waals surface area contributed by atoms with Gasteiger partial charge in [-0.05, 0) is 29.7 Å². The number of carbonyl (C=O) groups is 2. The van der Waals surface area contributed by atoms with E-state index in [1.54, 1.807) is 24.1 Å². The molecular formula is C29H39Cl2N3O6. The summed E-state index contributed by atoms with van der Waals surface area (Å²) in [5, 5.41) is 3.62. The van der Waals surface area contributed by atoms with Crippen molar-refractivity contribution in [3.05, 3.63) is 69.7 Å². The summed E-state index contributed by atoms with van der Waals surface area (Å²) in [5.74, 6) is -0.0256. The highest BCUT2D eigenvalue weighted by molar-refractivity contribution is 6.42. The first kappa shape index (κ1) is 32.1. The molecule has 1 N–H and O–H groups in total. The first-order valence-electron chi connectivity index (χ1n) is 13.4. The number of nitrogens with one attached hydrogen (secondary N) is 1. The number of hydrogen-bond donors (Lipinski definition) is 1. The van der Waals surface area contributed by atoms with Crippen LogP contribution in [0.3, 0.4) is 0 Å². The minimum Gasteiger partial charge on any atom is -0.445 e. The van der Waals surface area contributed by atoms with Crippen LogP contribution in [0.2, 0.25) is 10.0 Å². The fourth-order valence-corrected chi connectivity index (χ4v) is 4.76. The molecule has 1 aliphatic rings. The minimum absolute atomic E-state index is 0.0256. The van der Waals surface area contributed by atoms with E-state index >= 15 is 0 Å². The summed E-state index contributed by atoms with van der Waals surface area (Å²) in [6.07, 6.45) is 0.266. The normalized spacial score (nSPS) is 16.1. The van der Waals surface area contributed by atoms with Crippen LogP contribution in [0.1, 0.15) is 23.6 Å². The van der Waals surface area contributed by atoms with Crippen molar-refractivity contribution in [3.8, 4) is 0 Å². The molecule has 0 radical (unpaired) electrons. The van der Waals surface area contributed by atoms with Gasteiger partial charge in [-0.15, -0.1) is 0 Å². The predicted molar refractivity (Wildman–Crippen MR) is 155 cm³/mol. The average molecular weight is 597 g/mol. The van der Waals surface area contributed by atoms with E-state index in [1.807, 2.05) is 43.4 Å². The lowest BCUT2D eigenvalue weighted by Crippen LogP contribution is -2.40. The molecule has 2 aromatic carbocycles. The van der Waals surface area contributed by atoms with E-state index in [2.05, 4.69) is 10.2 Å². The number of nitrogens with zero attached hydrogens (tertiary/aromatic N) is 2. The van der Waals surface area contributed by atoms with Crippen LogP contribution in [0.5, 0.6) is 0 Å². The van der Waals surface area contributed by atoms with Crippen LogP contribution < -0.4 is 5.32 Å². The zero-order valence-electron chi connectivity index (χ0n) is 23.2. The number of alkyl carbamates (subject to hydrolysis) is 1. The maximum atomic E-state index is 13.3. The SMILES string of the molecule is COCCOCCOCCNC(=O)OC1CCN(CC(c2ccccc2)N(C)C(=O)Cc2ccc(Cl)c(Cl)c2)C1. The molecule has 40 heavy (non-hydrogen) atoms. The second-order valence-electron chi connectivity index (χ2n) is 9.58. The zero-order chi connectivity index (χ0) is 28.7. The fourth-order valence-electron chi connectivity index (χ4n) is 4.44. The number of methoxy groups -OCH3 is 1. The Labute approximate surface area is 246 Å². The lowest BCUT2D eigenvalue weighted by molar-refractivity contribution is -0.131. The van der Waals surface area contributed by atoms with Gasteiger partial charge in [0.05, 0.1) is 55.5 Å². The Kier molecular flexibility index (Phi) is 14.0. The maximum Gasteiger partial charge on any atom is 0.407 e. The molecule has 0 spiro atoms. The molecule has 3 rings (SSSR count). The smallest absolute Gasteiger partial charge is 0.407 e. The second kappa shape index (κ2) is 17.4. The number of rotatable bonds is 16. The van der Waals surface area contributed by atoms with Gasteiger partial charge in [-0.1, -0.05) is 59.6 Å². The predicted octanol–water partition coefficient (Wildman–Crippen LogP) is 4.22. The Hall–Kier alpha value is -2.40. The van der Waals surface area contributed by atoms with E-state index in [1.165, 1.54) is 0 Å². The molecule has 0 bridgehead atoms. The van der Waals surface area contributed by atoms with Gasteiger partial charge in [0, 0.05) is 40.3 Å². The highest BCUT2D eigenvalue weighted by Crippen LogP contribution is 2.26. The van der Waals surface area contributed by atoms with Gasteiger partial charge >= 0.3 is 6.09 Å². The van der Waals surface area contributed by atoms with Crippen LogP contribution >= 0.6 is 23.2 Å². The van der Waals surface area contributed by atoms with E-state index in [0.717, 1.165) is 24.1 Å². The molecule has 0 aliphatic carbocycles. The third-order valence-electron chi connectivity index (χ3n) is 6.64. The number of amides is 2. The quantitative estimate of drug-likeness (QED) is 0.291. The molecule has 2 amide bonds. The van der Waals surface area contributed by atoms with E-state index < -0.39 is 6.09 Å². The Balaban J connectivity index is 1.45. The summed E-state index contributed by atoms with van der Waals surface area (Å²) < 4.78 is 21.3. The molecule has 1 fully saturated rings. The number of ether oxygens (including phenoxy) is 4. The van der Waals surface area contributed by atoms with Gasteiger partial charge in [-0.2, -0.15) is 0 Å². The van der Waals surface area contributed by atoms with Crippen LogP contribution in [0.25, 0.3) is 0 Å². The van der Waals surface area contributed by atoms with Crippen molar-refractivity contribution in [3.63, 3.8) is 0 Å². The number of halogens is 2. The summed E-state index contributed by atoms with van der Waals surface area (Å²) in [4.78, 5) is 29.5. The van der Waals surface area contributed by atoms with E-state index in [0.29, 0.717) is 62.7 Å². The third kappa shape index (κ3) is 10.9. The molecule has 1 saturated heterocycles. The summed E-state index contributed by atoms with van der Waals surface area (Å²) in [5.41, 5.74) is 1.85. The van der Waals surface area contributed by atoms with Crippen molar-refractivity contribution in [2.75, 3.05) is 73.4 Å². The monoisotopic (exact) mass is 595 g/mol. The van der Waals surface area contributed by atoms with Crippen molar-refractivity contribution in [2.24, 2.45) is 0 Å². The average Bonchev–Trinajstić information content (AvgIpc) is 3.39. The highest BCUT2D eigenvalue weighted by atomic mass is 35.5. The molecule has 2 unspecified atom stereocenters. The first-order chi connectivity index (χ1) is 19.4. The van der Waals surface area contributed by atoms with Crippen molar-refractivity contribution < 1.29 is 28.5 Å². The Morgan fingerprint density at radius 1 is 1.02 bits per heavy atom. The lowest BCUT2D eigenvalue weighted by Gasteiger charge is -2.32. The fraction of sp³-hybridized carbons (Fsp3) is 0.517. The van der Waals surface area contributed by atoms with Crippen LogP contribution in [-0.2, 0) is 30.2 Å². The molecule has 9 nitrogen and oxygen atoms in total. The van der Waals surface area contributed by atoms with Crippen LogP contribution in [0.15, 0.2) is 48.5 Å². The zero-order valence-corrected chi connectivity index (χ0v) is 24.7. The number of hydrogen-bond acceptors (Lipinski definition) is 7. The van der Waals surface area contributed by atoms with Gasteiger partial charge in [0.15, 0.2) is 0 Å². The second-order valence-corrected chi connectivity index (χ2v) is 10.4. The third-order valence-corrected chi connectivity index (χ3v) is 7.38. The van der Waals surface area contributed by atoms with Gasteiger partial charge in [-0.3, -0.25) is 9.69 Å². The molecule has 1 heterocycles. The topological polar surface area (TPSA) is 89.6 Å². The first-order valence-corrected chi connectivity index (χ1v) is 14.2. The van der Waals surface area contributed by atoms with Crippen molar-refractivity contribution in [2.45, 2.75) is 25.0 Å². The van der Waals surface area contributed by atoms with Crippen LogP contribution in [-0.4, -0.2) is 101 Å². The van der Waals surface area contributed by atoms with Gasteiger partial charge in [0.25, 0.3) is 0 Å². The molecule has 1 aliphatic heterocycles. The number of carbonyl (C=O) groups excluding carboxylic acids is 2. The Bertz CT molecular complexity index is 1060. The van der Waals surface area contributed by atoms with Crippen LogP contribution in [0, 0.1) is 0 Å². The summed E-state index contributed by atoms with van der Waals surface area (Å²) in [6.45, 7) is 4.72. The summed E-state index contributed by atoms with van der Waals surface area (Å²) in [7, 11) is 3.45. The molecule has 220 valence electrons. The summed E-state index contributed by atoms with van der Waals surface area (Å²) >= 11 is 12.2. The number of likely N-dealkylation sites (tertiary alicyclic amines) is 1. The Morgan fingerprint density at radius 2 is 1.75 bits per heavy atom. The van der Waals surface area contributed by atoms with E-state index in [4.69, 9.17) is 42.1 Å². The van der Waals surface area contributed by atoms with Gasteiger partial charge in [0.1, 0.15) is 6.10 Å². The molecular weight excluding hydrogens is 557 g/mol. The maximum absolute atomic E-state index is 13.3. The molecule has 0 aromatic heterocycles. The van der Waals surface area contributed by atoms with Gasteiger partial charge in [-0.25, -0.2) is 4.79 Å². The molecule has 2 atom stereocenters. The molecule has 2 aromatic rings. The number of benzene rings is 2. The largest absolute Gasteiger partial charge is 0.445 e. The minimum atomic E-state index is -0.458. The van der Waals surface area contributed by atoms with Gasteiger partial charge in [0.2, 0.25) is 5.91 Å². The van der Waals surface area contributed by atoms with Gasteiger partial charge < -0.3 is 29.2 Å². The molecule has 0 saturated carbocycles. The molecule has 11 heteroatoms.